The van der Waals surface area contributed by atoms with Gasteiger partial charge in [-0.2, -0.15) is 11.8 Å². The minimum atomic E-state index is -0.136. The van der Waals surface area contributed by atoms with Crippen LogP contribution in [0.2, 0.25) is 5.02 Å². The third-order valence-corrected chi connectivity index (χ3v) is 5.50. The van der Waals surface area contributed by atoms with Crippen LogP contribution in [0.25, 0.3) is 0 Å². The Morgan fingerprint density at radius 2 is 2.16 bits per heavy atom. The van der Waals surface area contributed by atoms with E-state index in [1.54, 1.807) is 22.9 Å². The molecule has 0 radical (unpaired) electrons. The smallest absolute Gasteiger partial charge is 0.250 e. The fourth-order valence-corrected chi connectivity index (χ4v) is 3.87. The molecule has 25 heavy (non-hydrogen) atoms. The first-order chi connectivity index (χ1) is 12.1. The van der Waals surface area contributed by atoms with E-state index >= 15 is 0 Å². The second-order valence-corrected chi connectivity index (χ2v) is 7.51. The van der Waals surface area contributed by atoms with Gasteiger partial charge in [0.25, 0.3) is 5.56 Å². The van der Waals surface area contributed by atoms with Gasteiger partial charge >= 0.3 is 0 Å². The lowest BCUT2D eigenvalue weighted by atomic mass is 10.2. The number of halogens is 1. The van der Waals surface area contributed by atoms with Crippen molar-refractivity contribution in [2.24, 2.45) is 0 Å². The highest BCUT2D eigenvalue weighted by atomic mass is 35.5. The number of hydrogen-bond acceptors (Lipinski definition) is 4. The summed E-state index contributed by atoms with van der Waals surface area (Å²) in [5.41, 5.74) is 1.33. The average molecular weight is 378 g/mol. The molecule has 1 aromatic heterocycles. The van der Waals surface area contributed by atoms with Crippen molar-refractivity contribution in [3.8, 4) is 0 Å². The zero-order valence-corrected chi connectivity index (χ0v) is 15.3. The van der Waals surface area contributed by atoms with Crippen LogP contribution in [-0.2, 0) is 11.3 Å². The topological polar surface area (TPSA) is 63.1 Å². The Morgan fingerprint density at radius 3 is 2.92 bits per heavy atom. The number of hydrogen-bond donors (Lipinski definition) is 2. The molecule has 0 spiro atoms. The molecule has 132 valence electrons. The van der Waals surface area contributed by atoms with Crippen LogP contribution in [0.5, 0.6) is 0 Å². The molecule has 1 atom stereocenters. The number of thioether (sulfide) groups is 1. The maximum atomic E-state index is 12.2. The standard InChI is InChI=1S/C18H20ClN3O2S/c19-16-4-2-1-3-13(16)10-22-11-14(5-6-18(22)24)21-17(23)9-15-12-25-8-7-20-15/h1-6,11,15,20H,7-10,12H2,(H,21,23). The maximum absolute atomic E-state index is 12.2. The summed E-state index contributed by atoms with van der Waals surface area (Å²) in [5.74, 6) is 1.98. The van der Waals surface area contributed by atoms with Gasteiger partial charge < -0.3 is 15.2 Å². The summed E-state index contributed by atoms with van der Waals surface area (Å²) < 4.78 is 1.55. The molecule has 3 rings (SSSR count). The largest absolute Gasteiger partial charge is 0.325 e. The predicted octanol–water partition coefficient (Wildman–Crippen LogP) is 2.58. The van der Waals surface area contributed by atoms with Crippen LogP contribution in [0.4, 0.5) is 5.69 Å². The molecule has 2 aromatic rings. The molecule has 1 fully saturated rings. The molecule has 7 heteroatoms. The summed E-state index contributed by atoms with van der Waals surface area (Å²) in [7, 11) is 0. The van der Waals surface area contributed by atoms with Gasteiger partial charge in [-0.3, -0.25) is 9.59 Å². The van der Waals surface area contributed by atoms with Gasteiger partial charge in [0.2, 0.25) is 5.91 Å². The summed E-state index contributed by atoms with van der Waals surface area (Å²) >= 11 is 8.02. The highest BCUT2D eigenvalue weighted by molar-refractivity contribution is 7.99. The van der Waals surface area contributed by atoms with E-state index in [1.807, 2.05) is 30.0 Å². The molecule has 1 amide bonds. The first-order valence-electron chi connectivity index (χ1n) is 8.17. The summed E-state index contributed by atoms with van der Waals surface area (Å²) in [6, 6.07) is 10.7. The third-order valence-electron chi connectivity index (χ3n) is 4.00. The molecular formula is C18H20ClN3O2S. The lowest BCUT2D eigenvalue weighted by molar-refractivity contribution is -0.116. The van der Waals surface area contributed by atoms with Crippen molar-refractivity contribution in [2.45, 2.75) is 19.0 Å². The molecule has 5 nitrogen and oxygen atoms in total. The van der Waals surface area contributed by atoms with Crippen LogP contribution in [0.15, 0.2) is 47.4 Å². The normalized spacial score (nSPS) is 17.2. The van der Waals surface area contributed by atoms with Gasteiger partial charge in [-0.25, -0.2) is 0 Å². The highest BCUT2D eigenvalue weighted by Gasteiger charge is 2.17. The van der Waals surface area contributed by atoms with Gasteiger partial charge in [-0.15, -0.1) is 0 Å². The summed E-state index contributed by atoms with van der Waals surface area (Å²) in [6.07, 6.45) is 2.09. The van der Waals surface area contributed by atoms with Crippen LogP contribution in [0, 0.1) is 0 Å². The lowest BCUT2D eigenvalue weighted by Crippen LogP contribution is -2.40. The van der Waals surface area contributed by atoms with Crippen molar-refractivity contribution in [2.75, 3.05) is 23.4 Å². The first-order valence-corrected chi connectivity index (χ1v) is 9.70. The van der Waals surface area contributed by atoms with Crippen LogP contribution in [-0.4, -0.2) is 34.6 Å². The lowest BCUT2D eigenvalue weighted by Gasteiger charge is -2.22. The molecule has 2 N–H and O–H groups in total. The number of amides is 1. The quantitative estimate of drug-likeness (QED) is 0.840. The van der Waals surface area contributed by atoms with E-state index in [2.05, 4.69) is 10.6 Å². The SMILES string of the molecule is O=C(CC1CSCCN1)Nc1ccc(=O)n(Cc2ccccc2Cl)c1. The number of aromatic nitrogens is 1. The number of benzene rings is 1. The van der Waals surface area contributed by atoms with Gasteiger partial charge in [-0.05, 0) is 17.7 Å². The number of nitrogens with zero attached hydrogens (tertiary/aromatic N) is 1. The van der Waals surface area contributed by atoms with Crippen LogP contribution in [0.1, 0.15) is 12.0 Å². The predicted molar refractivity (Wildman–Crippen MR) is 104 cm³/mol. The van der Waals surface area contributed by atoms with Crippen molar-refractivity contribution >= 4 is 35.0 Å². The Balaban J connectivity index is 1.67. The van der Waals surface area contributed by atoms with E-state index in [0.717, 1.165) is 23.6 Å². The van der Waals surface area contributed by atoms with Crippen LogP contribution < -0.4 is 16.2 Å². The van der Waals surface area contributed by atoms with Gasteiger partial charge in [0.05, 0.1) is 12.2 Å². The molecule has 1 aromatic carbocycles. The van der Waals surface area contributed by atoms with Gasteiger partial charge in [0.15, 0.2) is 0 Å². The maximum Gasteiger partial charge on any atom is 0.250 e. The average Bonchev–Trinajstić information content (AvgIpc) is 2.60. The fourth-order valence-electron chi connectivity index (χ4n) is 2.73. The summed E-state index contributed by atoms with van der Waals surface area (Å²) in [6.45, 7) is 1.30. The monoisotopic (exact) mass is 377 g/mol. The summed E-state index contributed by atoms with van der Waals surface area (Å²) in [5, 5.41) is 6.84. The van der Waals surface area contributed by atoms with E-state index in [1.165, 1.54) is 6.07 Å². The minimum Gasteiger partial charge on any atom is -0.325 e. The highest BCUT2D eigenvalue weighted by Crippen LogP contribution is 2.16. The zero-order valence-electron chi connectivity index (χ0n) is 13.7. The molecule has 0 bridgehead atoms. The number of carbonyl (C=O) groups is 1. The minimum absolute atomic E-state index is 0.0528. The van der Waals surface area contributed by atoms with Crippen molar-refractivity contribution < 1.29 is 4.79 Å². The molecular weight excluding hydrogens is 358 g/mol. The number of rotatable bonds is 5. The van der Waals surface area contributed by atoms with Crippen molar-refractivity contribution in [3.63, 3.8) is 0 Å². The number of carbonyl (C=O) groups excluding carboxylic acids is 1. The molecule has 1 unspecified atom stereocenters. The second kappa shape index (κ2) is 8.56. The molecule has 0 aliphatic carbocycles. The number of pyridine rings is 1. The van der Waals surface area contributed by atoms with Crippen molar-refractivity contribution in [1.82, 2.24) is 9.88 Å². The molecule has 1 saturated heterocycles. The Bertz CT molecular complexity index is 803. The zero-order chi connectivity index (χ0) is 17.6. The summed E-state index contributed by atoms with van der Waals surface area (Å²) in [4.78, 5) is 24.3. The van der Waals surface area contributed by atoms with E-state index in [0.29, 0.717) is 23.7 Å². The van der Waals surface area contributed by atoms with E-state index in [-0.39, 0.29) is 17.5 Å². The van der Waals surface area contributed by atoms with Crippen molar-refractivity contribution in [1.29, 1.82) is 0 Å². The first kappa shape index (κ1) is 18.0. The molecule has 1 aliphatic rings. The number of anilines is 1. The van der Waals surface area contributed by atoms with Crippen LogP contribution >= 0.6 is 23.4 Å². The van der Waals surface area contributed by atoms with Gasteiger partial charge in [0.1, 0.15) is 0 Å². The third kappa shape index (κ3) is 5.11. The number of nitrogens with one attached hydrogen (secondary N) is 2. The molecule has 2 heterocycles. The van der Waals surface area contributed by atoms with Crippen molar-refractivity contribution in [3.05, 3.63) is 63.5 Å². The molecule has 1 aliphatic heterocycles. The Kier molecular flexibility index (Phi) is 6.18. The van der Waals surface area contributed by atoms with E-state index in [9.17, 15) is 9.59 Å². The Hall–Kier alpha value is -1.76. The van der Waals surface area contributed by atoms with E-state index in [4.69, 9.17) is 11.6 Å². The van der Waals surface area contributed by atoms with Crippen LogP contribution in [0.3, 0.4) is 0 Å². The second-order valence-electron chi connectivity index (χ2n) is 5.95. The fraction of sp³-hybridized carbons (Fsp3) is 0.333. The molecule has 0 saturated carbocycles. The van der Waals surface area contributed by atoms with Gasteiger partial charge in [0, 0.05) is 47.8 Å². The Labute approximate surface area is 155 Å². The van der Waals surface area contributed by atoms with E-state index < -0.39 is 0 Å². The van der Waals surface area contributed by atoms with Gasteiger partial charge in [-0.1, -0.05) is 29.8 Å². The Morgan fingerprint density at radius 1 is 1.32 bits per heavy atom.